The summed E-state index contributed by atoms with van der Waals surface area (Å²) in [6.07, 6.45) is 1.10. The average molecular weight is 214 g/mol. The van der Waals surface area contributed by atoms with Gasteiger partial charge >= 0.3 is 0 Å². The molecule has 14 heavy (non-hydrogen) atoms. The van der Waals surface area contributed by atoms with Gasteiger partial charge < -0.3 is 15.2 Å². The molecule has 0 aromatic heterocycles. The largest absolute Gasteiger partial charge is 0.454 e. The van der Waals surface area contributed by atoms with Crippen LogP contribution in [0.2, 0.25) is 0 Å². The molecular weight excluding hydrogens is 202 g/mol. The summed E-state index contributed by atoms with van der Waals surface area (Å²) in [6, 6.07) is 6.42. The summed E-state index contributed by atoms with van der Waals surface area (Å²) in [4.78, 5) is 0. The Morgan fingerprint density at radius 3 is 2.64 bits per heavy atom. The van der Waals surface area contributed by atoms with Crippen molar-refractivity contribution in [3.8, 4) is 11.5 Å². The van der Waals surface area contributed by atoms with Crippen molar-refractivity contribution in [3.63, 3.8) is 0 Å². The summed E-state index contributed by atoms with van der Waals surface area (Å²) in [5.74, 6) is 2.24. The van der Waals surface area contributed by atoms with E-state index < -0.39 is 0 Å². The van der Waals surface area contributed by atoms with E-state index in [4.69, 9.17) is 15.2 Å². The van der Waals surface area contributed by atoms with E-state index in [9.17, 15) is 0 Å². The molecule has 2 N–H and O–H groups in total. The number of ether oxygens (including phenoxy) is 2. The van der Waals surface area contributed by atoms with Crippen molar-refractivity contribution >= 4 is 12.4 Å². The SMILES string of the molecule is Cl.NC1CC1c1ccc2c(c1)OCO2. The third-order valence-corrected chi connectivity index (χ3v) is 2.66. The number of hydrogen-bond acceptors (Lipinski definition) is 3. The van der Waals surface area contributed by atoms with Gasteiger partial charge in [0.15, 0.2) is 11.5 Å². The minimum atomic E-state index is 0. The maximum atomic E-state index is 5.77. The molecule has 1 aromatic rings. The molecule has 3 nitrogen and oxygen atoms in total. The van der Waals surface area contributed by atoms with E-state index in [0.29, 0.717) is 18.8 Å². The van der Waals surface area contributed by atoms with Gasteiger partial charge in [-0.05, 0) is 24.1 Å². The van der Waals surface area contributed by atoms with Crippen LogP contribution in [-0.4, -0.2) is 12.8 Å². The second kappa shape index (κ2) is 3.33. The normalized spacial score (nSPS) is 26.9. The number of benzene rings is 1. The molecule has 0 saturated heterocycles. The second-order valence-electron chi connectivity index (χ2n) is 3.62. The van der Waals surface area contributed by atoms with Gasteiger partial charge in [0.05, 0.1) is 0 Å². The Morgan fingerprint density at radius 1 is 1.21 bits per heavy atom. The van der Waals surface area contributed by atoms with Gasteiger partial charge in [-0.25, -0.2) is 0 Å². The zero-order valence-corrected chi connectivity index (χ0v) is 8.42. The van der Waals surface area contributed by atoms with Crippen molar-refractivity contribution < 1.29 is 9.47 Å². The first-order chi connectivity index (χ1) is 6.34. The zero-order valence-electron chi connectivity index (χ0n) is 7.60. The molecule has 3 rings (SSSR count). The number of halogens is 1. The van der Waals surface area contributed by atoms with E-state index in [1.165, 1.54) is 5.56 Å². The van der Waals surface area contributed by atoms with E-state index in [-0.39, 0.29) is 12.4 Å². The fraction of sp³-hybridized carbons (Fsp3) is 0.400. The molecule has 1 aliphatic heterocycles. The first kappa shape index (κ1) is 9.62. The molecule has 2 atom stereocenters. The lowest BCUT2D eigenvalue weighted by Crippen LogP contribution is -2.00. The van der Waals surface area contributed by atoms with Crippen molar-refractivity contribution in [1.29, 1.82) is 0 Å². The van der Waals surface area contributed by atoms with Crippen LogP contribution in [0.5, 0.6) is 11.5 Å². The van der Waals surface area contributed by atoms with E-state index in [1.807, 2.05) is 12.1 Å². The molecule has 1 heterocycles. The lowest BCUT2D eigenvalue weighted by Gasteiger charge is -2.00. The summed E-state index contributed by atoms with van der Waals surface area (Å²) in [6.45, 7) is 0.343. The van der Waals surface area contributed by atoms with Gasteiger partial charge in [0.25, 0.3) is 0 Å². The van der Waals surface area contributed by atoms with E-state index >= 15 is 0 Å². The van der Waals surface area contributed by atoms with Gasteiger partial charge in [0.2, 0.25) is 6.79 Å². The topological polar surface area (TPSA) is 44.5 Å². The molecule has 0 amide bonds. The molecule has 1 saturated carbocycles. The first-order valence-electron chi connectivity index (χ1n) is 4.50. The molecule has 1 aliphatic carbocycles. The van der Waals surface area contributed by atoms with E-state index in [1.54, 1.807) is 0 Å². The van der Waals surface area contributed by atoms with Gasteiger partial charge in [-0.2, -0.15) is 0 Å². The van der Waals surface area contributed by atoms with Crippen molar-refractivity contribution in [1.82, 2.24) is 0 Å². The molecule has 0 spiro atoms. The lowest BCUT2D eigenvalue weighted by molar-refractivity contribution is 0.174. The van der Waals surface area contributed by atoms with Crippen LogP contribution in [0, 0.1) is 0 Å². The monoisotopic (exact) mass is 213 g/mol. The Kier molecular flexibility index (Phi) is 2.29. The highest BCUT2D eigenvalue weighted by atomic mass is 35.5. The van der Waals surface area contributed by atoms with Gasteiger partial charge in [-0.1, -0.05) is 6.07 Å². The molecule has 2 aliphatic rings. The molecule has 1 fully saturated rings. The molecule has 1 aromatic carbocycles. The molecule has 0 radical (unpaired) electrons. The molecule has 4 heteroatoms. The zero-order chi connectivity index (χ0) is 8.84. The molecule has 0 bridgehead atoms. The summed E-state index contributed by atoms with van der Waals surface area (Å²) in [7, 11) is 0. The minimum absolute atomic E-state index is 0. The highest BCUT2D eigenvalue weighted by molar-refractivity contribution is 5.85. The summed E-state index contributed by atoms with van der Waals surface area (Å²) < 4.78 is 10.5. The van der Waals surface area contributed by atoms with Crippen LogP contribution in [0.3, 0.4) is 0 Å². The van der Waals surface area contributed by atoms with Crippen LogP contribution in [0.15, 0.2) is 18.2 Å². The van der Waals surface area contributed by atoms with Crippen LogP contribution < -0.4 is 15.2 Å². The Balaban J connectivity index is 0.000000750. The summed E-state index contributed by atoms with van der Waals surface area (Å²) in [5.41, 5.74) is 7.05. The van der Waals surface area contributed by atoms with Gasteiger partial charge in [0.1, 0.15) is 0 Å². The van der Waals surface area contributed by atoms with Crippen LogP contribution >= 0.6 is 12.4 Å². The van der Waals surface area contributed by atoms with Crippen LogP contribution in [-0.2, 0) is 0 Å². The molecule has 2 unspecified atom stereocenters. The number of nitrogens with two attached hydrogens (primary N) is 1. The summed E-state index contributed by atoms with van der Waals surface area (Å²) in [5, 5.41) is 0. The van der Waals surface area contributed by atoms with Crippen molar-refractivity contribution in [2.75, 3.05) is 6.79 Å². The fourth-order valence-corrected chi connectivity index (χ4v) is 1.74. The standard InChI is InChI=1S/C10H11NO2.ClH/c11-8-4-7(8)6-1-2-9-10(3-6)13-5-12-9;/h1-3,7-8H,4-5,11H2;1H. The predicted molar refractivity (Wildman–Crippen MR) is 55.1 cm³/mol. The quantitative estimate of drug-likeness (QED) is 0.772. The third kappa shape index (κ3) is 1.42. The number of fused-ring (bicyclic) bond motifs is 1. The second-order valence-corrected chi connectivity index (χ2v) is 3.62. The van der Waals surface area contributed by atoms with E-state index in [0.717, 1.165) is 17.9 Å². The highest BCUT2D eigenvalue weighted by Gasteiger charge is 2.35. The van der Waals surface area contributed by atoms with E-state index in [2.05, 4.69) is 6.07 Å². The van der Waals surface area contributed by atoms with Crippen molar-refractivity contribution in [2.45, 2.75) is 18.4 Å². The lowest BCUT2D eigenvalue weighted by atomic mass is 10.1. The van der Waals surface area contributed by atoms with Gasteiger partial charge in [0, 0.05) is 12.0 Å². The van der Waals surface area contributed by atoms with Crippen molar-refractivity contribution in [2.24, 2.45) is 5.73 Å². The highest BCUT2D eigenvalue weighted by Crippen LogP contribution is 2.43. The Morgan fingerprint density at radius 2 is 1.93 bits per heavy atom. The third-order valence-electron chi connectivity index (χ3n) is 2.66. The van der Waals surface area contributed by atoms with Crippen LogP contribution in [0.1, 0.15) is 17.9 Å². The minimum Gasteiger partial charge on any atom is -0.454 e. The fourth-order valence-electron chi connectivity index (χ4n) is 1.74. The molecular formula is C10H12ClNO2. The molecule has 76 valence electrons. The van der Waals surface area contributed by atoms with Gasteiger partial charge in [-0.3, -0.25) is 0 Å². The Hall–Kier alpha value is -0.930. The Labute approximate surface area is 88.6 Å². The van der Waals surface area contributed by atoms with Crippen molar-refractivity contribution in [3.05, 3.63) is 23.8 Å². The number of hydrogen-bond donors (Lipinski definition) is 1. The average Bonchev–Trinajstić information content (AvgIpc) is 2.70. The smallest absolute Gasteiger partial charge is 0.231 e. The first-order valence-corrected chi connectivity index (χ1v) is 4.50. The number of rotatable bonds is 1. The maximum Gasteiger partial charge on any atom is 0.231 e. The summed E-state index contributed by atoms with van der Waals surface area (Å²) >= 11 is 0. The van der Waals surface area contributed by atoms with Crippen LogP contribution in [0.25, 0.3) is 0 Å². The Bertz CT molecular complexity index is 356. The maximum absolute atomic E-state index is 5.77. The van der Waals surface area contributed by atoms with Gasteiger partial charge in [-0.15, -0.1) is 12.4 Å². The predicted octanol–water partition coefficient (Wildman–Crippen LogP) is 1.65. The van der Waals surface area contributed by atoms with Crippen LogP contribution in [0.4, 0.5) is 0 Å².